The van der Waals surface area contributed by atoms with Gasteiger partial charge in [-0.25, -0.2) is 0 Å². The molecule has 0 heterocycles. The fourth-order valence-corrected chi connectivity index (χ4v) is 0.829. The van der Waals surface area contributed by atoms with Crippen molar-refractivity contribution in [2.45, 2.75) is 6.92 Å². The highest BCUT2D eigenvalue weighted by molar-refractivity contribution is 5.50. The fourth-order valence-electron chi connectivity index (χ4n) is 0.829. The zero-order valence-corrected chi connectivity index (χ0v) is 10.3. The number of benzene rings is 1. The van der Waals surface area contributed by atoms with E-state index < -0.39 is 0 Å². The summed E-state index contributed by atoms with van der Waals surface area (Å²) in [5, 5.41) is 8.19. The molecule has 1 aromatic carbocycles. The zero-order chi connectivity index (χ0) is 13.4. The summed E-state index contributed by atoms with van der Waals surface area (Å²) in [7, 11) is 0. The Morgan fingerprint density at radius 2 is 1.65 bits per heavy atom. The third-order valence-electron chi connectivity index (χ3n) is 1.37. The molecule has 0 fully saturated rings. The van der Waals surface area contributed by atoms with Crippen molar-refractivity contribution in [3.63, 3.8) is 0 Å². The summed E-state index contributed by atoms with van der Waals surface area (Å²) in [6, 6.07) is 11.9. The Morgan fingerprint density at radius 3 is 2.12 bits per heavy atom. The van der Waals surface area contributed by atoms with Crippen LogP contribution in [0.3, 0.4) is 0 Å². The van der Waals surface area contributed by atoms with Crippen molar-refractivity contribution in [1.29, 1.82) is 5.26 Å². The van der Waals surface area contributed by atoms with Crippen LogP contribution in [-0.2, 0) is 0 Å². The second kappa shape index (κ2) is 16.1. The molecule has 0 radical (unpaired) electrons. The topological polar surface area (TPSA) is 23.8 Å². The van der Waals surface area contributed by atoms with Gasteiger partial charge in [0, 0.05) is 6.08 Å². The molecule has 1 nitrogen and oxygen atoms in total. The predicted octanol–water partition coefficient (Wildman–Crippen LogP) is 4.77. The molecule has 0 bridgehead atoms. The van der Waals surface area contributed by atoms with Gasteiger partial charge in [-0.3, -0.25) is 0 Å². The Kier molecular flexibility index (Phi) is 16.2. The van der Waals surface area contributed by atoms with Crippen LogP contribution in [0, 0.1) is 11.3 Å². The smallest absolute Gasteiger partial charge is 0.0912 e. The largest absolute Gasteiger partial charge is 0.193 e. The molecule has 1 heteroatoms. The van der Waals surface area contributed by atoms with Crippen molar-refractivity contribution < 1.29 is 0 Å². The zero-order valence-electron chi connectivity index (χ0n) is 10.3. The molecule has 0 saturated heterocycles. The minimum Gasteiger partial charge on any atom is -0.193 e. The van der Waals surface area contributed by atoms with E-state index in [9.17, 15) is 0 Å². The standard InChI is InChI=1S/C11H9N.C3H6.C2H4/c12-10-6-2-5-9-11-7-3-1-4-8-11;1-3-2;1-2/h1-9H;3H,1H2,2H3;1-2H2. The summed E-state index contributed by atoms with van der Waals surface area (Å²) in [5.74, 6) is 0. The van der Waals surface area contributed by atoms with Crippen molar-refractivity contribution >= 4 is 6.08 Å². The van der Waals surface area contributed by atoms with Crippen LogP contribution in [0.5, 0.6) is 0 Å². The lowest BCUT2D eigenvalue weighted by Gasteiger charge is -1.87. The van der Waals surface area contributed by atoms with Crippen LogP contribution >= 0.6 is 0 Å². The molecule has 0 aliphatic carbocycles. The van der Waals surface area contributed by atoms with E-state index in [1.54, 1.807) is 12.2 Å². The van der Waals surface area contributed by atoms with Crippen molar-refractivity contribution in [2.75, 3.05) is 0 Å². The van der Waals surface area contributed by atoms with Gasteiger partial charge in [-0.1, -0.05) is 54.6 Å². The second-order valence-corrected chi connectivity index (χ2v) is 2.67. The number of allylic oxidation sites excluding steroid dienone is 4. The lowest BCUT2D eigenvalue weighted by atomic mass is 10.2. The van der Waals surface area contributed by atoms with Gasteiger partial charge in [0.1, 0.15) is 0 Å². The molecule has 1 aromatic rings. The third kappa shape index (κ3) is 13.7. The highest BCUT2D eigenvalue weighted by atomic mass is 14.2. The average molecular weight is 225 g/mol. The van der Waals surface area contributed by atoms with Gasteiger partial charge < -0.3 is 0 Å². The van der Waals surface area contributed by atoms with Crippen molar-refractivity contribution in [3.05, 3.63) is 79.9 Å². The van der Waals surface area contributed by atoms with Gasteiger partial charge in [-0.15, -0.1) is 19.7 Å². The molecule has 0 N–H and O–H groups in total. The molecule has 0 amide bonds. The lowest BCUT2D eigenvalue weighted by molar-refractivity contribution is 1.53. The van der Waals surface area contributed by atoms with Gasteiger partial charge >= 0.3 is 0 Å². The molecule has 0 unspecified atom stereocenters. The molecule has 0 aliphatic rings. The van der Waals surface area contributed by atoms with Gasteiger partial charge in [-0.05, 0) is 12.5 Å². The molecule has 0 aromatic heterocycles. The monoisotopic (exact) mass is 225 g/mol. The molecule has 0 atom stereocenters. The maximum atomic E-state index is 8.19. The molecule has 0 spiro atoms. The first-order valence-electron chi connectivity index (χ1n) is 5.20. The summed E-state index contributed by atoms with van der Waals surface area (Å²) < 4.78 is 0. The first-order valence-corrected chi connectivity index (χ1v) is 5.20. The molecular weight excluding hydrogens is 206 g/mol. The van der Waals surface area contributed by atoms with E-state index in [0.717, 1.165) is 5.56 Å². The molecule has 17 heavy (non-hydrogen) atoms. The van der Waals surface area contributed by atoms with Gasteiger partial charge in [0.15, 0.2) is 0 Å². The van der Waals surface area contributed by atoms with Gasteiger partial charge in [-0.2, -0.15) is 5.26 Å². The van der Waals surface area contributed by atoms with Crippen LogP contribution in [0.2, 0.25) is 0 Å². The van der Waals surface area contributed by atoms with Crippen LogP contribution in [0.1, 0.15) is 12.5 Å². The van der Waals surface area contributed by atoms with Crippen LogP contribution < -0.4 is 0 Å². The van der Waals surface area contributed by atoms with Crippen LogP contribution in [-0.4, -0.2) is 0 Å². The average Bonchev–Trinajstić information content (AvgIpc) is 2.39. The van der Waals surface area contributed by atoms with E-state index in [0.29, 0.717) is 0 Å². The van der Waals surface area contributed by atoms with E-state index in [4.69, 9.17) is 5.26 Å². The number of nitrogens with zero attached hydrogens (tertiary/aromatic N) is 1. The normalized spacial score (nSPS) is 8.47. The summed E-state index contributed by atoms with van der Waals surface area (Å²) in [5.41, 5.74) is 1.14. The highest BCUT2D eigenvalue weighted by Gasteiger charge is 1.78. The second-order valence-electron chi connectivity index (χ2n) is 2.67. The third-order valence-corrected chi connectivity index (χ3v) is 1.37. The van der Waals surface area contributed by atoms with E-state index in [1.807, 2.05) is 55.5 Å². The van der Waals surface area contributed by atoms with Crippen LogP contribution in [0.15, 0.2) is 74.4 Å². The highest BCUT2D eigenvalue weighted by Crippen LogP contribution is 2.00. The Bertz CT molecular complexity index is 366. The summed E-state index contributed by atoms with van der Waals surface area (Å²) in [6.45, 7) is 11.2. The van der Waals surface area contributed by atoms with Crippen molar-refractivity contribution in [3.8, 4) is 6.07 Å². The van der Waals surface area contributed by atoms with Crippen molar-refractivity contribution in [1.82, 2.24) is 0 Å². The number of nitriles is 1. The predicted molar refractivity (Wildman–Crippen MR) is 77.4 cm³/mol. The molecule has 0 aliphatic heterocycles. The Hall–Kier alpha value is -2.33. The van der Waals surface area contributed by atoms with E-state index in [1.165, 1.54) is 6.08 Å². The summed E-state index contributed by atoms with van der Waals surface area (Å²) in [6.07, 6.45) is 8.71. The maximum Gasteiger partial charge on any atom is 0.0912 e. The van der Waals surface area contributed by atoms with E-state index in [-0.39, 0.29) is 0 Å². The van der Waals surface area contributed by atoms with E-state index in [2.05, 4.69) is 19.7 Å². The SMILES string of the molecule is C=C.C=CC.N#CC=CC=Cc1ccccc1. The quantitative estimate of drug-likeness (QED) is 0.404. The number of hydrogen-bond acceptors (Lipinski definition) is 1. The Labute approximate surface area is 105 Å². The van der Waals surface area contributed by atoms with E-state index >= 15 is 0 Å². The van der Waals surface area contributed by atoms with Gasteiger partial charge in [0.25, 0.3) is 0 Å². The maximum absolute atomic E-state index is 8.19. The fraction of sp³-hybridized carbons (Fsp3) is 0.0625. The molecular formula is C16H19N. The molecule has 88 valence electrons. The summed E-state index contributed by atoms with van der Waals surface area (Å²) in [4.78, 5) is 0. The first-order chi connectivity index (χ1) is 8.35. The molecule has 1 rings (SSSR count). The lowest BCUT2D eigenvalue weighted by Crippen LogP contribution is -1.66. The Balaban J connectivity index is 0. The number of hydrogen-bond donors (Lipinski definition) is 0. The Morgan fingerprint density at radius 1 is 1.12 bits per heavy atom. The van der Waals surface area contributed by atoms with Crippen LogP contribution in [0.25, 0.3) is 6.08 Å². The minimum absolute atomic E-state index is 1.14. The minimum atomic E-state index is 1.14. The molecule has 0 saturated carbocycles. The first kappa shape index (κ1) is 17.1. The van der Waals surface area contributed by atoms with Crippen molar-refractivity contribution in [2.24, 2.45) is 0 Å². The van der Waals surface area contributed by atoms with Gasteiger partial charge in [0.2, 0.25) is 0 Å². The number of rotatable bonds is 2. The summed E-state index contributed by atoms with van der Waals surface area (Å²) >= 11 is 0. The van der Waals surface area contributed by atoms with Crippen LogP contribution in [0.4, 0.5) is 0 Å². The van der Waals surface area contributed by atoms with Gasteiger partial charge in [0.05, 0.1) is 6.07 Å².